The fourth-order valence-corrected chi connectivity index (χ4v) is 3.79. The van der Waals surface area contributed by atoms with E-state index < -0.39 is 0 Å². The van der Waals surface area contributed by atoms with Gasteiger partial charge in [-0.1, -0.05) is 18.2 Å². The number of carbonyl (C=O) groups is 1. The number of hydrogen-bond donors (Lipinski definition) is 2. The van der Waals surface area contributed by atoms with Crippen molar-refractivity contribution < 1.29 is 9.53 Å². The van der Waals surface area contributed by atoms with Gasteiger partial charge in [-0.2, -0.15) is 0 Å². The number of rotatable bonds is 2. The van der Waals surface area contributed by atoms with E-state index >= 15 is 0 Å². The number of benzene rings is 1. The van der Waals surface area contributed by atoms with Crippen LogP contribution in [0.4, 0.5) is 0 Å². The lowest BCUT2D eigenvalue weighted by Crippen LogP contribution is -2.59. The lowest BCUT2D eigenvalue weighted by atomic mass is 9.70. The van der Waals surface area contributed by atoms with Crippen LogP contribution in [0.5, 0.6) is 0 Å². The minimum absolute atomic E-state index is 0.0516. The Bertz CT molecular complexity index is 700. The van der Waals surface area contributed by atoms with Crippen LogP contribution in [0.1, 0.15) is 37.4 Å². The van der Waals surface area contributed by atoms with E-state index in [9.17, 15) is 4.79 Å². The molecule has 0 bridgehead atoms. The van der Waals surface area contributed by atoms with Gasteiger partial charge in [-0.3, -0.25) is 10.1 Å². The van der Waals surface area contributed by atoms with E-state index in [-0.39, 0.29) is 17.6 Å². The number of hydrogen-bond acceptors (Lipinski definition) is 3. The minimum atomic E-state index is -0.225. The molecule has 4 rings (SSSR count). The third kappa shape index (κ3) is 1.82. The van der Waals surface area contributed by atoms with Crippen LogP contribution < -0.4 is 5.32 Å². The van der Waals surface area contributed by atoms with Crippen molar-refractivity contribution in [3.05, 3.63) is 35.5 Å². The number of esters is 1. The smallest absolute Gasteiger partial charge is 0.323 e. The predicted molar refractivity (Wildman–Crippen MR) is 81.1 cm³/mol. The Morgan fingerprint density at radius 3 is 2.90 bits per heavy atom. The first kappa shape index (κ1) is 12.9. The third-order valence-corrected chi connectivity index (χ3v) is 4.93. The van der Waals surface area contributed by atoms with Crippen molar-refractivity contribution in [2.24, 2.45) is 0 Å². The van der Waals surface area contributed by atoms with E-state index in [1.165, 1.54) is 28.6 Å². The summed E-state index contributed by atoms with van der Waals surface area (Å²) < 4.78 is 5.24. The summed E-state index contributed by atoms with van der Waals surface area (Å²) in [6, 6.07) is 8.14. The molecule has 4 heteroatoms. The fraction of sp³-hybridized carbons (Fsp3) is 0.471. The quantitative estimate of drug-likeness (QED) is 0.834. The number of ether oxygens (including phenoxy) is 1. The summed E-state index contributed by atoms with van der Waals surface area (Å²) in [4.78, 5) is 15.8. The van der Waals surface area contributed by atoms with Gasteiger partial charge in [0.2, 0.25) is 0 Å². The first-order valence-electron chi connectivity index (χ1n) is 7.78. The predicted octanol–water partition coefficient (Wildman–Crippen LogP) is 2.62. The molecule has 1 saturated carbocycles. The molecule has 1 atom stereocenters. The largest absolute Gasteiger partial charge is 0.465 e. The number of para-hydroxylation sites is 1. The molecule has 2 aromatic rings. The minimum Gasteiger partial charge on any atom is -0.465 e. The van der Waals surface area contributed by atoms with E-state index in [4.69, 9.17) is 4.74 Å². The van der Waals surface area contributed by atoms with Gasteiger partial charge in [-0.15, -0.1) is 0 Å². The molecule has 4 nitrogen and oxygen atoms in total. The highest BCUT2D eigenvalue weighted by atomic mass is 16.5. The Kier molecular flexibility index (Phi) is 2.82. The molecule has 21 heavy (non-hydrogen) atoms. The molecule has 1 aromatic heterocycles. The molecule has 2 N–H and O–H groups in total. The van der Waals surface area contributed by atoms with Gasteiger partial charge in [0.25, 0.3) is 0 Å². The second-order valence-electron chi connectivity index (χ2n) is 6.11. The second-order valence-corrected chi connectivity index (χ2v) is 6.11. The molecule has 1 spiro atoms. The van der Waals surface area contributed by atoms with Gasteiger partial charge >= 0.3 is 5.97 Å². The highest BCUT2D eigenvalue weighted by Crippen LogP contribution is 2.47. The van der Waals surface area contributed by atoms with Crippen LogP contribution >= 0.6 is 0 Å². The molecule has 0 saturated heterocycles. The molecule has 1 aliphatic heterocycles. The van der Waals surface area contributed by atoms with Crippen molar-refractivity contribution in [1.29, 1.82) is 0 Å². The van der Waals surface area contributed by atoms with Crippen LogP contribution in [-0.4, -0.2) is 23.6 Å². The molecule has 0 radical (unpaired) electrons. The maximum atomic E-state index is 12.2. The summed E-state index contributed by atoms with van der Waals surface area (Å²) in [7, 11) is 0. The van der Waals surface area contributed by atoms with Crippen LogP contribution in [0.15, 0.2) is 24.3 Å². The molecule has 1 unspecified atom stereocenters. The molecule has 1 aromatic carbocycles. The van der Waals surface area contributed by atoms with Crippen molar-refractivity contribution in [1.82, 2.24) is 10.3 Å². The first-order valence-corrected chi connectivity index (χ1v) is 7.78. The van der Waals surface area contributed by atoms with Gasteiger partial charge in [0.1, 0.15) is 6.04 Å². The fourth-order valence-electron chi connectivity index (χ4n) is 3.79. The Labute approximate surface area is 123 Å². The highest BCUT2D eigenvalue weighted by Gasteiger charge is 2.48. The maximum Gasteiger partial charge on any atom is 0.323 e. The molecular formula is C17H20N2O2. The highest BCUT2D eigenvalue weighted by molar-refractivity contribution is 5.87. The first-order chi connectivity index (χ1) is 10.2. The SMILES string of the molecule is CCOC(=O)C1Cc2c([nH]c3ccccc23)C2(CCC2)N1. The Balaban J connectivity index is 1.81. The number of aromatic amines is 1. The monoisotopic (exact) mass is 284 g/mol. The molecule has 2 heterocycles. The number of H-pyrrole nitrogens is 1. The van der Waals surface area contributed by atoms with E-state index in [1.807, 2.05) is 13.0 Å². The topological polar surface area (TPSA) is 54.1 Å². The van der Waals surface area contributed by atoms with Crippen molar-refractivity contribution >= 4 is 16.9 Å². The van der Waals surface area contributed by atoms with Crippen LogP contribution in [0.3, 0.4) is 0 Å². The summed E-state index contributed by atoms with van der Waals surface area (Å²) in [6.45, 7) is 2.29. The van der Waals surface area contributed by atoms with Gasteiger partial charge < -0.3 is 9.72 Å². The summed E-state index contributed by atoms with van der Waals surface area (Å²) in [5.41, 5.74) is 3.70. The molecule has 110 valence electrons. The second kappa shape index (κ2) is 4.60. The Morgan fingerprint density at radius 1 is 1.38 bits per heavy atom. The Morgan fingerprint density at radius 2 is 2.19 bits per heavy atom. The van der Waals surface area contributed by atoms with E-state index in [1.54, 1.807) is 0 Å². The van der Waals surface area contributed by atoms with Gasteiger partial charge in [0, 0.05) is 23.0 Å². The molecule has 1 fully saturated rings. The molecule has 1 aliphatic carbocycles. The van der Waals surface area contributed by atoms with Crippen molar-refractivity contribution in [3.63, 3.8) is 0 Å². The summed E-state index contributed by atoms with van der Waals surface area (Å²) in [5, 5.41) is 4.81. The lowest BCUT2D eigenvalue weighted by molar-refractivity contribution is -0.147. The average molecular weight is 284 g/mol. The third-order valence-electron chi connectivity index (χ3n) is 4.93. The van der Waals surface area contributed by atoms with Gasteiger partial charge in [-0.25, -0.2) is 0 Å². The summed E-state index contributed by atoms with van der Waals surface area (Å²) >= 11 is 0. The summed E-state index contributed by atoms with van der Waals surface area (Å²) in [6.07, 6.45) is 4.09. The van der Waals surface area contributed by atoms with E-state index in [0.717, 1.165) is 12.8 Å². The number of carbonyl (C=O) groups excluding carboxylic acids is 1. The number of fused-ring (bicyclic) bond motifs is 4. The normalized spacial score (nSPS) is 22.8. The molecule has 2 aliphatic rings. The van der Waals surface area contributed by atoms with Crippen molar-refractivity contribution in [3.8, 4) is 0 Å². The lowest BCUT2D eigenvalue weighted by Gasteiger charge is -2.47. The van der Waals surface area contributed by atoms with Crippen molar-refractivity contribution in [2.45, 2.75) is 44.2 Å². The number of aromatic nitrogens is 1. The zero-order chi connectivity index (χ0) is 14.4. The van der Waals surface area contributed by atoms with Crippen LogP contribution in [0.2, 0.25) is 0 Å². The molecule has 0 amide bonds. The average Bonchev–Trinajstić information content (AvgIpc) is 2.83. The molecular weight excluding hydrogens is 264 g/mol. The zero-order valence-electron chi connectivity index (χ0n) is 12.2. The zero-order valence-corrected chi connectivity index (χ0v) is 12.2. The van der Waals surface area contributed by atoms with E-state index in [0.29, 0.717) is 13.0 Å². The Hall–Kier alpha value is -1.81. The number of nitrogens with one attached hydrogen (secondary N) is 2. The standard InChI is InChI=1S/C17H20N2O2/c1-2-21-16(20)14-10-12-11-6-3-4-7-13(11)18-15(12)17(19-14)8-5-9-17/h3-4,6-7,14,18-19H,2,5,8-10H2,1H3. The van der Waals surface area contributed by atoms with Crippen LogP contribution in [-0.2, 0) is 21.5 Å². The van der Waals surface area contributed by atoms with Crippen molar-refractivity contribution in [2.75, 3.05) is 6.61 Å². The van der Waals surface area contributed by atoms with Crippen LogP contribution in [0, 0.1) is 0 Å². The van der Waals surface area contributed by atoms with Gasteiger partial charge in [0.05, 0.1) is 12.1 Å². The van der Waals surface area contributed by atoms with Gasteiger partial charge in [-0.05, 0) is 37.8 Å². The van der Waals surface area contributed by atoms with Gasteiger partial charge in [0.15, 0.2) is 0 Å². The maximum absolute atomic E-state index is 12.2. The van der Waals surface area contributed by atoms with E-state index in [2.05, 4.69) is 28.5 Å². The summed E-state index contributed by atoms with van der Waals surface area (Å²) in [5.74, 6) is -0.125. The van der Waals surface area contributed by atoms with Crippen LogP contribution in [0.25, 0.3) is 10.9 Å².